The fourth-order valence-corrected chi connectivity index (χ4v) is 1.53. The van der Waals surface area contributed by atoms with Crippen molar-refractivity contribution in [3.63, 3.8) is 0 Å². The van der Waals surface area contributed by atoms with E-state index in [2.05, 4.69) is 16.8 Å². The lowest BCUT2D eigenvalue weighted by atomic mass is 10.1. The lowest BCUT2D eigenvalue weighted by Gasteiger charge is -2.09. The molecule has 86 valence electrons. The van der Waals surface area contributed by atoms with Crippen LogP contribution in [-0.4, -0.2) is 10.2 Å². The molecule has 0 aliphatic heterocycles. The Hall–Kier alpha value is -2.16. The zero-order valence-corrected chi connectivity index (χ0v) is 9.76. The summed E-state index contributed by atoms with van der Waals surface area (Å²) in [4.78, 5) is 0. The van der Waals surface area contributed by atoms with Crippen LogP contribution in [0.2, 0.25) is 0 Å². The Kier molecular flexibility index (Phi) is 3.50. The number of ether oxygens (including phenoxy) is 1. The molecule has 1 aromatic carbocycles. The van der Waals surface area contributed by atoms with E-state index in [1.165, 1.54) is 0 Å². The number of para-hydroxylation sites is 1. The quantitative estimate of drug-likeness (QED) is 0.749. The minimum Gasteiger partial charge on any atom is -0.437 e. The molecule has 0 spiro atoms. The topological polar surface area (TPSA) is 35.0 Å². The predicted molar refractivity (Wildman–Crippen MR) is 67.1 cm³/mol. The van der Waals surface area contributed by atoms with Crippen LogP contribution in [0.4, 0.5) is 0 Å². The fraction of sp³-hybridized carbons (Fsp3) is 0.143. The molecule has 1 heterocycles. The van der Waals surface area contributed by atoms with Crippen LogP contribution >= 0.6 is 0 Å². The predicted octanol–water partition coefficient (Wildman–Crippen LogP) is 3.39. The third-order valence-corrected chi connectivity index (χ3v) is 2.23. The van der Waals surface area contributed by atoms with E-state index in [0.717, 1.165) is 23.3 Å². The number of rotatable bonds is 4. The van der Waals surface area contributed by atoms with Gasteiger partial charge in [0.05, 0.1) is 0 Å². The fourth-order valence-electron chi connectivity index (χ4n) is 1.53. The van der Waals surface area contributed by atoms with Gasteiger partial charge in [0.15, 0.2) is 0 Å². The molecule has 0 radical (unpaired) electrons. The SMILES string of the molecule is C=C(C)Cc1ccccc1Oc1cccnn1. The molecule has 2 aromatic rings. The normalized spacial score (nSPS) is 9.94. The zero-order chi connectivity index (χ0) is 12.1. The van der Waals surface area contributed by atoms with Crippen LogP contribution in [0.3, 0.4) is 0 Å². The average Bonchev–Trinajstić information content (AvgIpc) is 2.32. The van der Waals surface area contributed by atoms with Crippen molar-refractivity contribution < 1.29 is 4.74 Å². The minimum absolute atomic E-state index is 0.502. The number of hydrogen-bond donors (Lipinski definition) is 0. The van der Waals surface area contributed by atoms with Gasteiger partial charge in [0.25, 0.3) is 0 Å². The Morgan fingerprint density at radius 3 is 2.76 bits per heavy atom. The van der Waals surface area contributed by atoms with Crippen LogP contribution in [0.15, 0.2) is 54.7 Å². The molecule has 3 nitrogen and oxygen atoms in total. The monoisotopic (exact) mass is 226 g/mol. The summed E-state index contributed by atoms with van der Waals surface area (Å²) in [5.74, 6) is 1.30. The van der Waals surface area contributed by atoms with Crippen LogP contribution in [-0.2, 0) is 6.42 Å². The minimum atomic E-state index is 0.502. The van der Waals surface area contributed by atoms with Gasteiger partial charge in [0, 0.05) is 12.3 Å². The van der Waals surface area contributed by atoms with Gasteiger partial charge in [-0.2, -0.15) is 5.10 Å². The molecular weight excluding hydrogens is 212 g/mol. The number of aromatic nitrogens is 2. The largest absolute Gasteiger partial charge is 0.437 e. The Morgan fingerprint density at radius 2 is 2.06 bits per heavy atom. The molecule has 0 saturated carbocycles. The lowest BCUT2D eigenvalue weighted by Crippen LogP contribution is -1.94. The number of nitrogens with zero attached hydrogens (tertiary/aromatic N) is 2. The van der Waals surface area contributed by atoms with E-state index in [-0.39, 0.29) is 0 Å². The van der Waals surface area contributed by atoms with Gasteiger partial charge in [-0.05, 0) is 31.0 Å². The van der Waals surface area contributed by atoms with Gasteiger partial charge >= 0.3 is 0 Å². The summed E-state index contributed by atoms with van der Waals surface area (Å²) >= 11 is 0. The molecule has 0 bridgehead atoms. The summed E-state index contributed by atoms with van der Waals surface area (Å²) in [5.41, 5.74) is 2.20. The summed E-state index contributed by atoms with van der Waals surface area (Å²) in [7, 11) is 0. The van der Waals surface area contributed by atoms with Crippen molar-refractivity contribution >= 4 is 0 Å². The highest BCUT2D eigenvalue weighted by Crippen LogP contribution is 2.24. The smallest absolute Gasteiger partial charge is 0.238 e. The van der Waals surface area contributed by atoms with Crippen LogP contribution in [0.25, 0.3) is 0 Å². The Bertz CT molecular complexity index is 509. The Labute approximate surface area is 101 Å². The van der Waals surface area contributed by atoms with E-state index in [4.69, 9.17) is 4.74 Å². The molecule has 0 fully saturated rings. The first-order valence-electron chi connectivity index (χ1n) is 5.43. The van der Waals surface area contributed by atoms with Crippen LogP contribution in [0.5, 0.6) is 11.6 Å². The van der Waals surface area contributed by atoms with Crippen LogP contribution in [0.1, 0.15) is 12.5 Å². The van der Waals surface area contributed by atoms with Gasteiger partial charge in [0.2, 0.25) is 5.88 Å². The van der Waals surface area contributed by atoms with Crippen molar-refractivity contribution in [3.8, 4) is 11.6 Å². The molecule has 17 heavy (non-hydrogen) atoms. The third-order valence-electron chi connectivity index (χ3n) is 2.23. The van der Waals surface area contributed by atoms with E-state index >= 15 is 0 Å². The summed E-state index contributed by atoms with van der Waals surface area (Å²) < 4.78 is 5.70. The highest BCUT2D eigenvalue weighted by atomic mass is 16.5. The molecule has 3 heteroatoms. The van der Waals surface area contributed by atoms with E-state index in [9.17, 15) is 0 Å². The maximum atomic E-state index is 5.70. The first kappa shape index (κ1) is 11.3. The van der Waals surface area contributed by atoms with E-state index in [1.54, 1.807) is 18.3 Å². The van der Waals surface area contributed by atoms with Crippen LogP contribution < -0.4 is 4.74 Å². The first-order chi connectivity index (χ1) is 8.25. The van der Waals surface area contributed by atoms with Gasteiger partial charge in [-0.1, -0.05) is 30.4 Å². The number of allylic oxidation sites excluding steroid dienone is 1. The molecule has 0 N–H and O–H groups in total. The standard InChI is InChI=1S/C14H14N2O/c1-11(2)10-12-6-3-4-7-13(12)17-14-8-5-9-15-16-14/h3-9H,1,10H2,2H3. The van der Waals surface area contributed by atoms with Crippen molar-refractivity contribution in [1.29, 1.82) is 0 Å². The summed E-state index contributed by atoms with van der Waals surface area (Å²) in [5, 5.41) is 7.68. The maximum absolute atomic E-state index is 5.70. The van der Waals surface area contributed by atoms with E-state index in [1.807, 2.05) is 31.2 Å². The lowest BCUT2D eigenvalue weighted by molar-refractivity contribution is 0.450. The third kappa shape index (κ3) is 3.14. The summed E-state index contributed by atoms with van der Waals surface area (Å²) in [6.45, 7) is 5.91. The molecule has 2 rings (SSSR count). The number of benzene rings is 1. The van der Waals surface area contributed by atoms with Gasteiger partial charge < -0.3 is 4.74 Å². The van der Waals surface area contributed by atoms with Gasteiger partial charge in [-0.15, -0.1) is 5.10 Å². The zero-order valence-electron chi connectivity index (χ0n) is 9.76. The Morgan fingerprint density at radius 1 is 1.24 bits per heavy atom. The van der Waals surface area contributed by atoms with Gasteiger partial charge in [-0.3, -0.25) is 0 Å². The summed E-state index contributed by atoms with van der Waals surface area (Å²) in [6.07, 6.45) is 2.42. The van der Waals surface area contributed by atoms with E-state index < -0.39 is 0 Å². The van der Waals surface area contributed by atoms with Gasteiger partial charge in [0.1, 0.15) is 5.75 Å². The molecule has 1 aromatic heterocycles. The number of hydrogen-bond acceptors (Lipinski definition) is 3. The van der Waals surface area contributed by atoms with Crippen LogP contribution in [0, 0.1) is 0 Å². The average molecular weight is 226 g/mol. The van der Waals surface area contributed by atoms with Gasteiger partial charge in [-0.25, -0.2) is 0 Å². The molecule has 0 amide bonds. The molecule has 0 atom stereocenters. The highest BCUT2D eigenvalue weighted by Gasteiger charge is 2.05. The molecule has 0 aliphatic carbocycles. The van der Waals surface area contributed by atoms with Crippen molar-refractivity contribution in [3.05, 3.63) is 60.3 Å². The second-order valence-corrected chi connectivity index (χ2v) is 3.91. The van der Waals surface area contributed by atoms with Crippen molar-refractivity contribution in [2.24, 2.45) is 0 Å². The molecule has 0 unspecified atom stereocenters. The molecule has 0 aliphatic rings. The second kappa shape index (κ2) is 5.25. The molecule has 0 saturated heterocycles. The maximum Gasteiger partial charge on any atom is 0.238 e. The summed E-state index contributed by atoms with van der Waals surface area (Å²) in [6, 6.07) is 11.5. The highest BCUT2D eigenvalue weighted by molar-refractivity contribution is 5.37. The van der Waals surface area contributed by atoms with Crippen molar-refractivity contribution in [1.82, 2.24) is 10.2 Å². The van der Waals surface area contributed by atoms with E-state index in [0.29, 0.717) is 5.88 Å². The second-order valence-electron chi connectivity index (χ2n) is 3.91. The van der Waals surface area contributed by atoms with Crippen molar-refractivity contribution in [2.75, 3.05) is 0 Å². The van der Waals surface area contributed by atoms with Crippen molar-refractivity contribution in [2.45, 2.75) is 13.3 Å². The first-order valence-corrected chi connectivity index (χ1v) is 5.43. The molecular formula is C14H14N2O. The Balaban J connectivity index is 2.23.